The number of benzene rings is 1. The van der Waals surface area contributed by atoms with Gasteiger partial charge in [-0.25, -0.2) is 0 Å². The lowest BCUT2D eigenvalue weighted by atomic mass is 9.65. The molecule has 5 heteroatoms. The van der Waals surface area contributed by atoms with Crippen LogP contribution in [0.2, 0.25) is 0 Å². The predicted molar refractivity (Wildman–Crippen MR) is 94.7 cm³/mol. The van der Waals surface area contributed by atoms with Crippen LogP contribution in [-0.2, 0) is 0 Å². The van der Waals surface area contributed by atoms with Gasteiger partial charge in [-0.3, -0.25) is 9.79 Å². The number of guanidine groups is 1. The van der Waals surface area contributed by atoms with Crippen LogP contribution in [0.5, 0.6) is 0 Å². The van der Waals surface area contributed by atoms with Gasteiger partial charge in [-0.2, -0.15) is 0 Å². The summed E-state index contributed by atoms with van der Waals surface area (Å²) in [5.41, 5.74) is 1.02. The molecule has 2 rings (SSSR count). The standard InChI is InChI=1S/C18H28N4O/c1-17(2)13-22(18(17,3)4)16(19-5)21-12-11-20-15(23)14-9-7-6-8-10-14/h6-10H,11-13H2,1-5H3,(H,19,21)(H,20,23). The molecule has 0 bridgehead atoms. The molecule has 0 radical (unpaired) electrons. The summed E-state index contributed by atoms with van der Waals surface area (Å²) in [7, 11) is 1.80. The number of nitrogens with zero attached hydrogens (tertiary/aromatic N) is 2. The Labute approximate surface area is 139 Å². The van der Waals surface area contributed by atoms with Crippen molar-refractivity contribution in [2.45, 2.75) is 33.2 Å². The fourth-order valence-electron chi connectivity index (χ4n) is 2.74. The number of carbonyl (C=O) groups is 1. The number of carbonyl (C=O) groups excluding carboxylic acids is 1. The molecule has 1 aromatic rings. The molecule has 126 valence electrons. The molecule has 0 aromatic heterocycles. The van der Waals surface area contributed by atoms with Gasteiger partial charge >= 0.3 is 0 Å². The number of nitrogens with one attached hydrogen (secondary N) is 2. The summed E-state index contributed by atoms with van der Waals surface area (Å²) in [5.74, 6) is 0.844. The van der Waals surface area contributed by atoms with Crippen molar-refractivity contribution in [3.05, 3.63) is 35.9 Å². The first-order valence-corrected chi connectivity index (χ1v) is 8.11. The minimum atomic E-state index is -0.0483. The maximum atomic E-state index is 12.0. The van der Waals surface area contributed by atoms with Gasteiger partial charge in [0.2, 0.25) is 0 Å². The highest BCUT2D eigenvalue weighted by molar-refractivity contribution is 5.94. The van der Waals surface area contributed by atoms with E-state index in [4.69, 9.17) is 0 Å². The number of hydrogen-bond donors (Lipinski definition) is 2. The second-order valence-corrected chi connectivity index (χ2v) is 7.12. The zero-order chi connectivity index (χ0) is 17.1. The molecule has 1 aliphatic rings. The highest BCUT2D eigenvalue weighted by atomic mass is 16.1. The summed E-state index contributed by atoms with van der Waals surface area (Å²) >= 11 is 0. The molecule has 1 fully saturated rings. The summed E-state index contributed by atoms with van der Waals surface area (Å²) in [6.45, 7) is 11.2. The topological polar surface area (TPSA) is 56.7 Å². The molecule has 23 heavy (non-hydrogen) atoms. The third kappa shape index (κ3) is 3.49. The quantitative estimate of drug-likeness (QED) is 0.508. The molecule has 0 saturated carbocycles. The van der Waals surface area contributed by atoms with Gasteiger partial charge in [-0.15, -0.1) is 0 Å². The highest BCUT2D eigenvalue weighted by Gasteiger charge is 2.53. The smallest absolute Gasteiger partial charge is 0.251 e. The molecule has 2 N–H and O–H groups in total. The summed E-state index contributed by atoms with van der Waals surface area (Å²) in [5, 5.41) is 6.25. The van der Waals surface area contributed by atoms with Crippen molar-refractivity contribution in [3.8, 4) is 0 Å². The van der Waals surface area contributed by atoms with Crippen LogP contribution in [0.3, 0.4) is 0 Å². The normalized spacial score (nSPS) is 19.0. The van der Waals surface area contributed by atoms with E-state index in [0.29, 0.717) is 18.7 Å². The summed E-state index contributed by atoms with van der Waals surface area (Å²) in [6, 6.07) is 9.25. The van der Waals surface area contributed by atoms with E-state index in [9.17, 15) is 4.79 Å². The number of amides is 1. The lowest BCUT2D eigenvalue weighted by Crippen LogP contribution is -2.72. The zero-order valence-corrected chi connectivity index (χ0v) is 14.8. The molecular weight excluding hydrogens is 288 g/mol. The zero-order valence-electron chi connectivity index (χ0n) is 14.8. The molecule has 1 saturated heterocycles. The van der Waals surface area contributed by atoms with Crippen molar-refractivity contribution in [3.63, 3.8) is 0 Å². The monoisotopic (exact) mass is 316 g/mol. The Morgan fingerprint density at radius 3 is 2.26 bits per heavy atom. The highest BCUT2D eigenvalue weighted by Crippen LogP contribution is 2.46. The third-order valence-corrected chi connectivity index (χ3v) is 5.08. The van der Waals surface area contributed by atoms with Crippen LogP contribution in [-0.4, -0.2) is 49.0 Å². The van der Waals surface area contributed by atoms with Gasteiger partial charge in [0.05, 0.1) is 0 Å². The molecule has 0 unspecified atom stereocenters. The lowest BCUT2D eigenvalue weighted by Gasteiger charge is -2.62. The Bertz CT molecular complexity index is 578. The van der Waals surface area contributed by atoms with Crippen LogP contribution in [0.4, 0.5) is 0 Å². The van der Waals surface area contributed by atoms with Gasteiger partial charge < -0.3 is 15.5 Å². The first kappa shape index (κ1) is 17.3. The van der Waals surface area contributed by atoms with E-state index in [1.54, 1.807) is 7.05 Å². The van der Waals surface area contributed by atoms with Crippen LogP contribution < -0.4 is 10.6 Å². The van der Waals surface area contributed by atoms with Crippen molar-refractivity contribution in [2.24, 2.45) is 10.4 Å². The maximum absolute atomic E-state index is 12.0. The lowest BCUT2D eigenvalue weighted by molar-refractivity contribution is -0.0666. The van der Waals surface area contributed by atoms with Crippen molar-refractivity contribution in [1.82, 2.24) is 15.5 Å². The van der Waals surface area contributed by atoms with Crippen molar-refractivity contribution in [2.75, 3.05) is 26.7 Å². The van der Waals surface area contributed by atoms with Gasteiger partial charge in [0.25, 0.3) is 5.91 Å². The van der Waals surface area contributed by atoms with Gasteiger partial charge in [0.1, 0.15) is 0 Å². The van der Waals surface area contributed by atoms with Gasteiger partial charge in [-0.1, -0.05) is 32.0 Å². The fourth-order valence-corrected chi connectivity index (χ4v) is 2.74. The van der Waals surface area contributed by atoms with E-state index < -0.39 is 0 Å². The molecule has 1 aromatic carbocycles. The molecule has 1 heterocycles. The number of hydrogen-bond acceptors (Lipinski definition) is 2. The number of rotatable bonds is 4. The Kier molecular flexibility index (Phi) is 4.97. The average Bonchev–Trinajstić information content (AvgIpc) is 2.54. The van der Waals surface area contributed by atoms with E-state index in [0.717, 1.165) is 12.5 Å². The van der Waals surface area contributed by atoms with Crippen molar-refractivity contribution in [1.29, 1.82) is 0 Å². The molecule has 1 aliphatic heterocycles. The number of aliphatic imine (C=N–C) groups is 1. The average molecular weight is 316 g/mol. The van der Waals surface area contributed by atoms with Gasteiger partial charge in [-0.05, 0) is 26.0 Å². The van der Waals surface area contributed by atoms with E-state index in [1.807, 2.05) is 30.3 Å². The first-order chi connectivity index (χ1) is 10.8. The molecule has 0 spiro atoms. The Hall–Kier alpha value is -2.04. The molecule has 0 aliphatic carbocycles. The SMILES string of the molecule is CN=C(NCCNC(=O)c1ccccc1)N1CC(C)(C)C1(C)C. The second-order valence-electron chi connectivity index (χ2n) is 7.12. The molecule has 1 amide bonds. The third-order valence-electron chi connectivity index (χ3n) is 5.08. The minimum Gasteiger partial charge on any atom is -0.354 e. The van der Waals surface area contributed by atoms with Crippen LogP contribution in [0.15, 0.2) is 35.3 Å². The van der Waals surface area contributed by atoms with E-state index >= 15 is 0 Å². The second kappa shape index (κ2) is 6.60. The van der Waals surface area contributed by atoms with Crippen molar-refractivity contribution < 1.29 is 4.79 Å². The van der Waals surface area contributed by atoms with E-state index in [1.165, 1.54) is 0 Å². The van der Waals surface area contributed by atoms with Gasteiger partial charge in [0, 0.05) is 43.2 Å². The van der Waals surface area contributed by atoms with Crippen LogP contribution in [0.1, 0.15) is 38.1 Å². The van der Waals surface area contributed by atoms with Crippen LogP contribution in [0.25, 0.3) is 0 Å². The summed E-state index contributed by atoms with van der Waals surface area (Å²) in [4.78, 5) is 18.6. The maximum Gasteiger partial charge on any atom is 0.251 e. The minimum absolute atomic E-state index is 0.0483. The first-order valence-electron chi connectivity index (χ1n) is 8.11. The fraction of sp³-hybridized carbons (Fsp3) is 0.556. The Morgan fingerprint density at radius 1 is 1.13 bits per heavy atom. The van der Waals surface area contributed by atoms with Crippen LogP contribution in [0, 0.1) is 5.41 Å². The van der Waals surface area contributed by atoms with E-state index in [2.05, 4.69) is 48.2 Å². The molecule has 5 nitrogen and oxygen atoms in total. The van der Waals surface area contributed by atoms with Crippen LogP contribution >= 0.6 is 0 Å². The van der Waals surface area contributed by atoms with E-state index in [-0.39, 0.29) is 16.9 Å². The Morgan fingerprint density at radius 2 is 1.74 bits per heavy atom. The predicted octanol–water partition coefficient (Wildman–Crippen LogP) is 2.11. The Balaban J connectivity index is 1.79. The summed E-state index contributed by atoms with van der Waals surface area (Å²) < 4.78 is 0. The van der Waals surface area contributed by atoms with Gasteiger partial charge in [0.15, 0.2) is 5.96 Å². The molecule has 0 atom stereocenters. The largest absolute Gasteiger partial charge is 0.354 e. The van der Waals surface area contributed by atoms with Crippen molar-refractivity contribution >= 4 is 11.9 Å². The summed E-state index contributed by atoms with van der Waals surface area (Å²) in [6.07, 6.45) is 0. The number of likely N-dealkylation sites (tertiary alicyclic amines) is 1. The molecular formula is C18H28N4O.